The molecule has 0 saturated heterocycles. The SMILES string of the molecule is CC(C)c1ccc(C(C)(C)CCN)c(C(C)C)c1. The van der Waals surface area contributed by atoms with Crippen molar-refractivity contribution >= 4 is 0 Å². The third-order valence-electron chi connectivity index (χ3n) is 3.86. The van der Waals surface area contributed by atoms with Crippen LogP contribution in [0, 0.1) is 0 Å². The highest BCUT2D eigenvalue weighted by Crippen LogP contribution is 2.34. The van der Waals surface area contributed by atoms with E-state index in [4.69, 9.17) is 5.73 Å². The van der Waals surface area contributed by atoms with Crippen LogP contribution in [0.5, 0.6) is 0 Å². The maximum atomic E-state index is 5.76. The van der Waals surface area contributed by atoms with Crippen LogP contribution in [-0.4, -0.2) is 6.54 Å². The molecule has 1 nitrogen and oxygen atoms in total. The molecule has 0 aliphatic rings. The monoisotopic (exact) mass is 247 g/mol. The Morgan fingerprint density at radius 1 is 1.06 bits per heavy atom. The van der Waals surface area contributed by atoms with Crippen LogP contribution in [0.3, 0.4) is 0 Å². The Bertz CT molecular complexity index is 389. The van der Waals surface area contributed by atoms with E-state index in [0.717, 1.165) is 13.0 Å². The first-order chi connectivity index (χ1) is 8.29. The Hall–Kier alpha value is -0.820. The molecule has 0 fully saturated rings. The molecule has 1 heteroatoms. The zero-order valence-electron chi connectivity index (χ0n) is 12.9. The topological polar surface area (TPSA) is 26.0 Å². The lowest BCUT2D eigenvalue weighted by Gasteiger charge is -2.29. The molecule has 0 saturated carbocycles. The maximum Gasteiger partial charge on any atom is -0.00690 e. The number of rotatable bonds is 5. The molecule has 0 amide bonds. The summed E-state index contributed by atoms with van der Waals surface area (Å²) in [5.41, 5.74) is 10.3. The van der Waals surface area contributed by atoms with Gasteiger partial charge in [0.2, 0.25) is 0 Å². The van der Waals surface area contributed by atoms with Crippen molar-refractivity contribution in [1.29, 1.82) is 0 Å². The smallest absolute Gasteiger partial charge is 0.00690 e. The van der Waals surface area contributed by atoms with Crippen molar-refractivity contribution < 1.29 is 0 Å². The molecule has 0 aliphatic heterocycles. The number of hydrogen-bond acceptors (Lipinski definition) is 1. The van der Waals surface area contributed by atoms with Crippen molar-refractivity contribution in [3.05, 3.63) is 34.9 Å². The second-order valence-electron chi connectivity index (χ2n) is 6.58. The van der Waals surface area contributed by atoms with Crippen LogP contribution in [0.4, 0.5) is 0 Å². The van der Waals surface area contributed by atoms with Crippen LogP contribution in [0.1, 0.15) is 76.5 Å². The summed E-state index contributed by atoms with van der Waals surface area (Å²) in [5.74, 6) is 1.16. The molecule has 2 N–H and O–H groups in total. The standard InChI is InChI=1S/C17H29N/c1-12(2)14-7-8-16(15(11-14)13(3)4)17(5,6)9-10-18/h7-8,11-13H,9-10,18H2,1-6H3. The molecule has 0 unspecified atom stereocenters. The summed E-state index contributed by atoms with van der Waals surface area (Å²) in [5, 5.41) is 0. The third kappa shape index (κ3) is 3.35. The van der Waals surface area contributed by atoms with Gasteiger partial charge in [0.25, 0.3) is 0 Å². The molecule has 0 bridgehead atoms. The number of hydrogen-bond donors (Lipinski definition) is 1. The molecule has 0 spiro atoms. The van der Waals surface area contributed by atoms with Crippen molar-refractivity contribution in [3.8, 4) is 0 Å². The Labute approximate surface area is 113 Å². The first-order valence-corrected chi connectivity index (χ1v) is 7.14. The van der Waals surface area contributed by atoms with Gasteiger partial charge in [0.1, 0.15) is 0 Å². The highest BCUT2D eigenvalue weighted by molar-refractivity contribution is 5.39. The molecule has 0 aliphatic carbocycles. The highest BCUT2D eigenvalue weighted by Gasteiger charge is 2.24. The summed E-state index contributed by atoms with van der Waals surface area (Å²) in [6.07, 6.45) is 1.04. The fraction of sp³-hybridized carbons (Fsp3) is 0.647. The zero-order valence-corrected chi connectivity index (χ0v) is 12.9. The molecule has 1 aromatic carbocycles. The lowest BCUT2D eigenvalue weighted by atomic mass is 9.76. The average molecular weight is 247 g/mol. The molecule has 1 aromatic rings. The summed E-state index contributed by atoms with van der Waals surface area (Å²) in [4.78, 5) is 0. The second kappa shape index (κ2) is 5.88. The van der Waals surface area contributed by atoms with E-state index in [1.165, 1.54) is 16.7 Å². The Balaban J connectivity index is 3.27. The normalized spacial score (nSPS) is 12.5. The molecular weight excluding hydrogens is 218 g/mol. The van der Waals surface area contributed by atoms with E-state index in [1.807, 2.05) is 0 Å². The minimum atomic E-state index is 0.170. The summed E-state index contributed by atoms with van der Waals surface area (Å²) in [7, 11) is 0. The first-order valence-electron chi connectivity index (χ1n) is 7.14. The highest BCUT2D eigenvalue weighted by atomic mass is 14.5. The van der Waals surface area contributed by atoms with E-state index in [2.05, 4.69) is 59.7 Å². The van der Waals surface area contributed by atoms with Gasteiger partial charge in [0, 0.05) is 0 Å². The van der Waals surface area contributed by atoms with Gasteiger partial charge in [-0.25, -0.2) is 0 Å². The molecule has 1 rings (SSSR count). The minimum Gasteiger partial charge on any atom is -0.330 e. The van der Waals surface area contributed by atoms with Crippen LogP contribution in [-0.2, 0) is 5.41 Å². The van der Waals surface area contributed by atoms with Crippen molar-refractivity contribution in [2.75, 3.05) is 6.54 Å². The third-order valence-corrected chi connectivity index (χ3v) is 3.86. The Kier molecular flexibility index (Phi) is 4.98. The minimum absolute atomic E-state index is 0.170. The number of benzene rings is 1. The summed E-state index contributed by atoms with van der Waals surface area (Å²) in [6, 6.07) is 6.99. The predicted octanol–water partition coefficient (Wildman–Crippen LogP) is 4.56. The quantitative estimate of drug-likeness (QED) is 0.811. The summed E-state index contributed by atoms with van der Waals surface area (Å²) >= 11 is 0. The van der Waals surface area contributed by atoms with E-state index in [-0.39, 0.29) is 5.41 Å². The second-order valence-corrected chi connectivity index (χ2v) is 6.58. The molecule has 18 heavy (non-hydrogen) atoms. The van der Waals surface area contributed by atoms with Crippen LogP contribution in [0.15, 0.2) is 18.2 Å². The van der Waals surface area contributed by atoms with Gasteiger partial charge in [-0.05, 0) is 46.9 Å². The van der Waals surface area contributed by atoms with Crippen LogP contribution >= 0.6 is 0 Å². The lowest BCUT2D eigenvalue weighted by molar-refractivity contribution is 0.480. The van der Waals surface area contributed by atoms with Gasteiger partial charge >= 0.3 is 0 Å². The first kappa shape index (κ1) is 15.2. The van der Waals surface area contributed by atoms with Gasteiger partial charge in [0.05, 0.1) is 0 Å². The van der Waals surface area contributed by atoms with Crippen molar-refractivity contribution in [1.82, 2.24) is 0 Å². The fourth-order valence-electron chi connectivity index (χ4n) is 2.53. The van der Waals surface area contributed by atoms with E-state index in [0.29, 0.717) is 11.8 Å². The van der Waals surface area contributed by atoms with E-state index < -0.39 is 0 Å². The molecule has 0 radical (unpaired) electrons. The van der Waals surface area contributed by atoms with Gasteiger partial charge in [-0.2, -0.15) is 0 Å². The van der Waals surface area contributed by atoms with E-state index >= 15 is 0 Å². The lowest BCUT2D eigenvalue weighted by Crippen LogP contribution is -2.23. The number of nitrogens with two attached hydrogens (primary N) is 1. The molecule has 0 atom stereocenters. The summed E-state index contributed by atoms with van der Waals surface area (Å²) in [6.45, 7) is 14.4. The fourth-order valence-corrected chi connectivity index (χ4v) is 2.53. The van der Waals surface area contributed by atoms with Gasteiger partial charge < -0.3 is 5.73 Å². The van der Waals surface area contributed by atoms with Gasteiger partial charge in [0.15, 0.2) is 0 Å². The molecule has 102 valence electrons. The van der Waals surface area contributed by atoms with Crippen LogP contribution in [0.2, 0.25) is 0 Å². The van der Waals surface area contributed by atoms with Gasteiger partial charge in [-0.1, -0.05) is 59.7 Å². The molecule has 0 aromatic heterocycles. The maximum absolute atomic E-state index is 5.76. The largest absolute Gasteiger partial charge is 0.330 e. The van der Waals surface area contributed by atoms with Crippen molar-refractivity contribution in [2.45, 2.75) is 65.2 Å². The Morgan fingerprint density at radius 3 is 2.11 bits per heavy atom. The summed E-state index contributed by atoms with van der Waals surface area (Å²) < 4.78 is 0. The van der Waals surface area contributed by atoms with Crippen LogP contribution in [0.25, 0.3) is 0 Å². The van der Waals surface area contributed by atoms with Crippen molar-refractivity contribution in [2.24, 2.45) is 5.73 Å². The van der Waals surface area contributed by atoms with Gasteiger partial charge in [-0.3, -0.25) is 0 Å². The Morgan fingerprint density at radius 2 is 1.67 bits per heavy atom. The van der Waals surface area contributed by atoms with Crippen molar-refractivity contribution in [3.63, 3.8) is 0 Å². The van der Waals surface area contributed by atoms with E-state index in [9.17, 15) is 0 Å². The average Bonchev–Trinajstić information content (AvgIpc) is 2.27. The zero-order chi connectivity index (χ0) is 13.9. The van der Waals surface area contributed by atoms with Crippen LogP contribution < -0.4 is 5.73 Å². The van der Waals surface area contributed by atoms with Gasteiger partial charge in [-0.15, -0.1) is 0 Å². The molecule has 0 heterocycles. The molecular formula is C17H29N. The predicted molar refractivity (Wildman–Crippen MR) is 81.3 cm³/mol. The van der Waals surface area contributed by atoms with E-state index in [1.54, 1.807) is 0 Å².